The fourth-order valence-corrected chi connectivity index (χ4v) is 1.72. The first-order valence-electron chi connectivity index (χ1n) is 4.55. The summed E-state index contributed by atoms with van der Waals surface area (Å²) in [5.41, 5.74) is 12.6. The molecule has 0 aliphatic carbocycles. The maximum atomic E-state index is 10.7. The highest BCUT2D eigenvalue weighted by Crippen LogP contribution is 2.22. The molecule has 1 aromatic rings. The Morgan fingerprint density at radius 2 is 2.27 bits per heavy atom. The molecule has 0 saturated carbocycles. The Bertz CT molecular complexity index is 368. The highest BCUT2D eigenvalue weighted by molar-refractivity contribution is 9.10. The summed E-state index contributed by atoms with van der Waals surface area (Å²) < 4.78 is 0.944. The molecule has 1 unspecified atom stereocenters. The van der Waals surface area contributed by atoms with Gasteiger partial charge in [-0.3, -0.25) is 4.79 Å². The van der Waals surface area contributed by atoms with Gasteiger partial charge in [-0.05, 0) is 40.5 Å². The molecule has 82 valence electrons. The Hall–Kier alpha value is -1.07. The predicted molar refractivity (Wildman–Crippen MR) is 64.5 cm³/mol. The van der Waals surface area contributed by atoms with E-state index in [4.69, 9.17) is 11.5 Å². The number of aryl methyl sites for hydroxylation is 1. The molecule has 0 aromatic heterocycles. The normalized spacial score (nSPS) is 12.2. The summed E-state index contributed by atoms with van der Waals surface area (Å²) in [4.78, 5) is 10.7. The first-order valence-corrected chi connectivity index (χ1v) is 5.35. The third kappa shape index (κ3) is 3.53. The number of anilines is 1. The van der Waals surface area contributed by atoms with Crippen LogP contribution in [0.5, 0.6) is 0 Å². The average Bonchev–Trinajstić information content (AvgIpc) is 2.15. The standard InChI is InChI=1S/C10H14BrN3O/c1-6-2-3-9(7(11)4-6)14-5-8(12)10(13)15/h2-4,8,14H,5,12H2,1H3,(H2,13,15). The van der Waals surface area contributed by atoms with E-state index in [1.807, 2.05) is 25.1 Å². The van der Waals surface area contributed by atoms with Crippen molar-refractivity contribution in [3.63, 3.8) is 0 Å². The number of nitrogens with one attached hydrogen (secondary N) is 1. The van der Waals surface area contributed by atoms with Gasteiger partial charge in [0, 0.05) is 16.7 Å². The second-order valence-corrected chi connectivity index (χ2v) is 4.23. The summed E-state index contributed by atoms with van der Waals surface area (Å²) in [6.07, 6.45) is 0. The van der Waals surface area contributed by atoms with Crippen LogP contribution in [0.25, 0.3) is 0 Å². The summed E-state index contributed by atoms with van der Waals surface area (Å²) in [6.45, 7) is 2.33. The monoisotopic (exact) mass is 271 g/mol. The number of halogens is 1. The number of hydrogen-bond donors (Lipinski definition) is 3. The van der Waals surface area contributed by atoms with Crippen LogP contribution in [0, 0.1) is 6.92 Å². The Morgan fingerprint density at radius 3 is 2.80 bits per heavy atom. The van der Waals surface area contributed by atoms with Gasteiger partial charge in [-0.15, -0.1) is 0 Å². The van der Waals surface area contributed by atoms with Crippen molar-refractivity contribution in [1.29, 1.82) is 0 Å². The van der Waals surface area contributed by atoms with Crippen molar-refractivity contribution < 1.29 is 4.79 Å². The molecule has 1 amide bonds. The van der Waals surface area contributed by atoms with Crippen molar-refractivity contribution >= 4 is 27.5 Å². The van der Waals surface area contributed by atoms with E-state index < -0.39 is 11.9 Å². The molecule has 4 nitrogen and oxygen atoms in total. The number of carbonyl (C=O) groups is 1. The van der Waals surface area contributed by atoms with E-state index in [0.717, 1.165) is 15.7 Å². The summed E-state index contributed by atoms with van der Waals surface area (Å²) in [5, 5.41) is 3.05. The van der Waals surface area contributed by atoms with E-state index in [-0.39, 0.29) is 0 Å². The maximum Gasteiger partial charge on any atom is 0.236 e. The van der Waals surface area contributed by atoms with Crippen LogP contribution in [0.1, 0.15) is 5.56 Å². The minimum Gasteiger partial charge on any atom is -0.382 e. The zero-order valence-corrected chi connectivity index (χ0v) is 10.0. The zero-order valence-electron chi connectivity index (χ0n) is 8.46. The van der Waals surface area contributed by atoms with Crippen LogP contribution in [-0.4, -0.2) is 18.5 Å². The third-order valence-corrected chi connectivity index (χ3v) is 2.66. The zero-order chi connectivity index (χ0) is 11.4. The molecule has 0 radical (unpaired) electrons. The Morgan fingerprint density at radius 1 is 1.60 bits per heavy atom. The van der Waals surface area contributed by atoms with Crippen molar-refractivity contribution in [2.45, 2.75) is 13.0 Å². The highest BCUT2D eigenvalue weighted by Gasteiger charge is 2.09. The minimum atomic E-state index is -0.668. The first kappa shape index (κ1) is 12.0. The Kier molecular flexibility index (Phi) is 4.11. The van der Waals surface area contributed by atoms with Crippen LogP contribution in [0.15, 0.2) is 22.7 Å². The number of carbonyl (C=O) groups excluding carboxylic acids is 1. The van der Waals surface area contributed by atoms with Gasteiger partial charge in [0.1, 0.15) is 6.04 Å². The Balaban J connectivity index is 2.62. The molecule has 0 heterocycles. The lowest BCUT2D eigenvalue weighted by Crippen LogP contribution is -2.41. The van der Waals surface area contributed by atoms with Gasteiger partial charge in [-0.1, -0.05) is 6.07 Å². The van der Waals surface area contributed by atoms with Crippen molar-refractivity contribution in [3.8, 4) is 0 Å². The van der Waals surface area contributed by atoms with Crippen LogP contribution < -0.4 is 16.8 Å². The van der Waals surface area contributed by atoms with Gasteiger partial charge in [-0.2, -0.15) is 0 Å². The van der Waals surface area contributed by atoms with E-state index in [1.54, 1.807) is 0 Å². The van der Waals surface area contributed by atoms with Crippen molar-refractivity contribution in [1.82, 2.24) is 0 Å². The topological polar surface area (TPSA) is 81.1 Å². The molecule has 1 rings (SSSR count). The van der Waals surface area contributed by atoms with E-state index in [0.29, 0.717) is 6.54 Å². The highest BCUT2D eigenvalue weighted by atomic mass is 79.9. The number of nitrogens with two attached hydrogens (primary N) is 2. The fourth-order valence-electron chi connectivity index (χ4n) is 1.08. The van der Waals surface area contributed by atoms with Gasteiger partial charge < -0.3 is 16.8 Å². The molecule has 1 aromatic carbocycles. The van der Waals surface area contributed by atoms with Gasteiger partial charge in [0.25, 0.3) is 0 Å². The molecule has 5 heteroatoms. The largest absolute Gasteiger partial charge is 0.382 e. The SMILES string of the molecule is Cc1ccc(NCC(N)C(N)=O)c(Br)c1. The number of benzene rings is 1. The molecule has 0 aliphatic rings. The average molecular weight is 272 g/mol. The van der Waals surface area contributed by atoms with Crippen LogP contribution in [0.3, 0.4) is 0 Å². The van der Waals surface area contributed by atoms with Gasteiger partial charge in [0.05, 0.1) is 0 Å². The number of primary amides is 1. The maximum absolute atomic E-state index is 10.7. The summed E-state index contributed by atoms with van der Waals surface area (Å²) in [5.74, 6) is -0.509. The molecule has 0 bridgehead atoms. The van der Waals surface area contributed by atoms with Crippen molar-refractivity contribution in [2.75, 3.05) is 11.9 Å². The van der Waals surface area contributed by atoms with Gasteiger partial charge in [0.15, 0.2) is 0 Å². The van der Waals surface area contributed by atoms with Crippen LogP contribution in [0.4, 0.5) is 5.69 Å². The van der Waals surface area contributed by atoms with E-state index in [1.165, 1.54) is 0 Å². The summed E-state index contributed by atoms with van der Waals surface area (Å²) in [7, 11) is 0. The fraction of sp³-hybridized carbons (Fsp3) is 0.300. The lowest BCUT2D eigenvalue weighted by atomic mass is 10.2. The van der Waals surface area contributed by atoms with E-state index >= 15 is 0 Å². The second kappa shape index (κ2) is 5.14. The first-order chi connectivity index (χ1) is 7.00. The predicted octanol–water partition coefficient (Wildman–Crippen LogP) is 0.982. The van der Waals surface area contributed by atoms with Gasteiger partial charge >= 0.3 is 0 Å². The van der Waals surface area contributed by atoms with E-state index in [2.05, 4.69) is 21.2 Å². The van der Waals surface area contributed by atoms with Crippen LogP contribution in [0.2, 0.25) is 0 Å². The molecular weight excluding hydrogens is 258 g/mol. The van der Waals surface area contributed by atoms with E-state index in [9.17, 15) is 4.79 Å². The molecule has 0 spiro atoms. The van der Waals surface area contributed by atoms with Crippen LogP contribution in [-0.2, 0) is 4.79 Å². The molecule has 0 fully saturated rings. The molecular formula is C10H14BrN3O. The lowest BCUT2D eigenvalue weighted by molar-refractivity contribution is -0.118. The van der Waals surface area contributed by atoms with Crippen molar-refractivity contribution in [3.05, 3.63) is 28.2 Å². The number of hydrogen-bond acceptors (Lipinski definition) is 3. The van der Waals surface area contributed by atoms with Crippen molar-refractivity contribution in [2.24, 2.45) is 11.5 Å². The van der Waals surface area contributed by atoms with Crippen LogP contribution >= 0.6 is 15.9 Å². The molecule has 5 N–H and O–H groups in total. The third-order valence-electron chi connectivity index (χ3n) is 2.00. The molecule has 15 heavy (non-hydrogen) atoms. The minimum absolute atomic E-state index is 0.330. The number of amides is 1. The Labute approximate surface area is 97.1 Å². The molecule has 1 atom stereocenters. The second-order valence-electron chi connectivity index (χ2n) is 3.37. The molecule has 0 saturated heterocycles. The summed E-state index contributed by atoms with van der Waals surface area (Å²) in [6, 6.07) is 5.21. The quantitative estimate of drug-likeness (QED) is 0.764. The van der Waals surface area contributed by atoms with Gasteiger partial charge in [0.2, 0.25) is 5.91 Å². The summed E-state index contributed by atoms with van der Waals surface area (Å²) >= 11 is 3.41. The molecule has 0 aliphatic heterocycles. The number of rotatable bonds is 4. The lowest BCUT2D eigenvalue weighted by Gasteiger charge is -2.12. The smallest absolute Gasteiger partial charge is 0.236 e. The van der Waals surface area contributed by atoms with Gasteiger partial charge in [-0.25, -0.2) is 0 Å².